The van der Waals surface area contributed by atoms with Gasteiger partial charge in [0.2, 0.25) is 0 Å². The number of Topliss-reactive ketones (excluding diaryl/α,β-unsaturated/α-hetero) is 2. The number of hydrogen-bond donors (Lipinski definition) is 2. The molecule has 0 radical (unpaired) electrons. The lowest BCUT2D eigenvalue weighted by Crippen LogP contribution is -2.52. The maximum Gasteiger partial charge on any atom is 0.270 e. The van der Waals surface area contributed by atoms with Crippen LogP contribution in [0.25, 0.3) is 0 Å². The van der Waals surface area contributed by atoms with Gasteiger partial charge in [0.05, 0.1) is 5.69 Å². The van der Waals surface area contributed by atoms with Crippen molar-refractivity contribution in [2.24, 2.45) is 5.92 Å². The van der Waals surface area contributed by atoms with E-state index in [1.54, 1.807) is 54.9 Å². The number of carbonyl (C=O) groups is 3. The Hall–Kier alpha value is -3.71. The van der Waals surface area contributed by atoms with Crippen molar-refractivity contribution in [3.63, 3.8) is 0 Å². The second-order valence-electron chi connectivity index (χ2n) is 8.70. The van der Waals surface area contributed by atoms with Crippen molar-refractivity contribution in [2.75, 3.05) is 6.54 Å². The largest absolute Gasteiger partial charge is 0.345 e. The van der Waals surface area contributed by atoms with E-state index in [4.69, 9.17) is 0 Å². The van der Waals surface area contributed by atoms with Crippen molar-refractivity contribution in [3.05, 3.63) is 95.6 Å². The number of aromatic nitrogens is 2. The van der Waals surface area contributed by atoms with Crippen LogP contribution in [-0.2, 0) is 6.54 Å². The molecule has 1 aromatic carbocycles. The number of carbonyl (C=O) groups excluding carboxylic acids is 3. The van der Waals surface area contributed by atoms with Gasteiger partial charge in [0.15, 0.2) is 11.6 Å². The number of hydrogen-bond acceptors (Lipinski definition) is 6. The molecule has 0 aliphatic carbocycles. The summed E-state index contributed by atoms with van der Waals surface area (Å²) in [7, 11) is 0. The normalized spacial score (nSPS) is 12.1. The molecule has 0 spiro atoms. The average molecular weight is 459 g/mol. The Balaban J connectivity index is 1.82. The smallest absolute Gasteiger partial charge is 0.270 e. The van der Waals surface area contributed by atoms with Gasteiger partial charge in [-0.3, -0.25) is 24.4 Å². The minimum absolute atomic E-state index is 0.175. The zero-order chi connectivity index (χ0) is 24.6. The molecule has 0 bridgehead atoms. The molecule has 3 aromatic rings. The summed E-state index contributed by atoms with van der Waals surface area (Å²) in [6, 6.07) is 17.6. The minimum Gasteiger partial charge on any atom is -0.345 e. The lowest BCUT2D eigenvalue weighted by atomic mass is 9.78. The number of rotatable bonds is 11. The molecular weight excluding hydrogens is 428 g/mol. The number of nitrogens with one attached hydrogen (secondary N) is 2. The molecule has 3 rings (SSSR count). The molecule has 7 nitrogen and oxygen atoms in total. The predicted molar refractivity (Wildman–Crippen MR) is 131 cm³/mol. The van der Waals surface area contributed by atoms with Crippen molar-refractivity contribution in [1.82, 2.24) is 20.6 Å². The van der Waals surface area contributed by atoms with Crippen LogP contribution in [0.3, 0.4) is 0 Å². The molecule has 1 atom stereocenters. The Morgan fingerprint density at radius 1 is 0.882 bits per heavy atom. The summed E-state index contributed by atoms with van der Waals surface area (Å²) < 4.78 is 0. The van der Waals surface area contributed by atoms with Crippen molar-refractivity contribution >= 4 is 17.5 Å². The number of ketones is 2. The van der Waals surface area contributed by atoms with E-state index in [0.717, 1.165) is 5.69 Å². The second-order valence-corrected chi connectivity index (χ2v) is 8.70. The van der Waals surface area contributed by atoms with Crippen LogP contribution >= 0.6 is 0 Å². The molecule has 0 fully saturated rings. The Morgan fingerprint density at radius 3 is 2.15 bits per heavy atom. The van der Waals surface area contributed by atoms with E-state index in [1.165, 1.54) is 6.92 Å². The highest BCUT2D eigenvalue weighted by Crippen LogP contribution is 2.27. The first-order valence-electron chi connectivity index (χ1n) is 11.3. The third kappa shape index (κ3) is 6.42. The maximum atomic E-state index is 13.7. The Bertz CT molecular complexity index is 1130. The predicted octanol–water partition coefficient (Wildman–Crippen LogP) is 3.87. The number of nitrogens with zero attached hydrogens (tertiary/aromatic N) is 2. The van der Waals surface area contributed by atoms with E-state index in [2.05, 4.69) is 20.6 Å². The third-order valence-corrected chi connectivity index (χ3v) is 5.73. The Kier molecular flexibility index (Phi) is 8.38. The van der Waals surface area contributed by atoms with Gasteiger partial charge in [0, 0.05) is 41.5 Å². The monoisotopic (exact) mass is 458 g/mol. The van der Waals surface area contributed by atoms with E-state index < -0.39 is 11.5 Å². The lowest BCUT2D eigenvalue weighted by molar-refractivity contribution is 0.0767. The van der Waals surface area contributed by atoms with Crippen LogP contribution < -0.4 is 10.6 Å². The maximum absolute atomic E-state index is 13.7. The van der Waals surface area contributed by atoms with Crippen LogP contribution in [0.5, 0.6) is 0 Å². The van der Waals surface area contributed by atoms with E-state index >= 15 is 0 Å². The zero-order valence-electron chi connectivity index (χ0n) is 19.7. The van der Waals surface area contributed by atoms with E-state index in [-0.39, 0.29) is 23.2 Å². The van der Waals surface area contributed by atoms with E-state index in [1.807, 2.05) is 32.0 Å². The average Bonchev–Trinajstić information content (AvgIpc) is 2.84. The van der Waals surface area contributed by atoms with Crippen molar-refractivity contribution in [3.8, 4) is 0 Å². The molecule has 1 amide bonds. The topological polar surface area (TPSA) is 101 Å². The van der Waals surface area contributed by atoms with Gasteiger partial charge in [0.1, 0.15) is 5.69 Å². The van der Waals surface area contributed by atoms with Crippen LogP contribution in [0, 0.1) is 5.92 Å². The molecule has 0 aliphatic heterocycles. The summed E-state index contributed by atoms with van der Waals surface area (Å²) in [6.45, 7) is 6.19. The number of benzene rings is 1. The highest BCUT2D eigenvalue weighted by atomic mass is 16.2. The molecule has 2 aromatic heterocycles. The van der Waals surface area contributed by atoms with Crippen LogP contribution in [0.15, 0.2) is 73.1 Å². The fourth-order valence-corrected chi connectivity index (χ4v) is 3.92. The molecule has 1 unspecified atom stereocenters. The van der Waals surface area contributed by atoms with E-state index in [0.29, 0.717) is 30.6 Å². The van der Waals surface area contributed by atoms with Gasteiger partial charge in [-0.2, -0.15) is 0 Å². The molecule has 7 heteroatoms. The van der Waals surface area contributed by atoms with Gasteiger partial charge in [-0.1, -0.05) is 36.4 Å². The van der Waals surface area contributed by atoms with Crippen molar-refractivity contribution in [2.45, 2.75) is 39.3 Å². The van der Waals surface area contributed by atoms with Gasteiger partial charge in [-0.15, -0.1) is 0 Å². The number of amides is 1. The molecule has 34 heavy (non-hydrogen) atoms. The highest BCUT2D eigenvalue weighted by Gasteiger charge is 2.37. The van der Waals surface area contributed by atoms with Crippen LogP contribution in [0.1, 0.15) is 64.1 Å². The summed E-state index contributed by atoms with van der Waals surface area (Å²) in [6.07, 6.45) is 3.74. The fraction of sp³-hybridized carbons (Fsp3) is 0.296. The molecule has 0 aliphatic rings. The first-order chi connectivity index (χ1) is 16.3. The van der Waals surface area contributed by atoms with Gasteiger partial charge in [-0.05, 0) is 58.0 Å². The summed E-state index contributed by atoms with van der Waals surface area (Å²) in [5.74, 6) is -1.30. The molecule has 2 N–H and O–H groups in total. The molecule has 2 heterocycles. The van der Waals surface area contributed by atoms with Crippen LogP contribution in [-0.4, -0.2) is 39.5 Å². The van der Waals surface area contributed by atoms with Gasteiger partial charge in [0.25, 0.3) is 5.91 Å². The fourth-order valence-electron chi connectivity index (χ4n) is 3.92. The summed E-state index contributed by atoms with van der Waals surface area (Å²) in [5, 5.41) is 6.31. The first-order valence-corrected chi connectivity index (χ1v) is 11.3. The molecular formula is C27H30N4O3. The Labute approximate surface area is 200 Å². The lowest BCUT2D eigenvalue weighted by Gasteiger charge is -2.35. The third-order valence-electron chi connectivity index (χ3n) is 5.73. The molecule has 0 saturated carbocycles. The summed E-state index contributed by atoms with van der Waals surface area (Å²) in [4.78, 5) is 47.2. The molecule has 0 saturated heterocycles. The SMILES string of the molecule is CC(=O)c1ccccc1C(=O)C(CCNCc1ccccn1)C(C)(C)NC(=O)c1ccccn1. The summed E-state index contributed by atoms with van der Waals surface area (Å²) in [5.41, 5.74) is 1.02. The number of pyridine rings is 2. The van der Waals surface area contributed by atoms with Gasteiger partial charge >= 0.3 is 0 Å². The van der Waals surface area contributed by atoms with Gasteiger partial charge < -0.3 is 10.6 Å². The van der Waals surface area contributed by atoms with Gasteiger partial charge in [-0.25, -0.2) is 0 Å². The minimum atomic E-state index is -0.901. The quantitative estimate of drug-likeness (QED) is 0.334. The second kappa shape index (κ2) is 11.4. The molecule has 176 valence electrons. The highest BCUT2D eigenvalue weighted by molar-refractivity contribution is 6.09. The Morgan fingerprint density at radius 2 is 1.53 bits per heavy atom. The standard InChI is InChI=1S/C27H30N4O3/c1-19(32)21-11-4-5-12-22(21)25(33)23(14-17-28-18-20-10-6-8-15-29-20)27(2,3)31-26(34)24-13-7-9-16-30-24/h4-13,15-16,23,28H,14,17-18H2,1-3H3,(H,31,34). The van der Waals surface area contributed by atoms with Crippen molar-refractivity contribution < 1.29 is 14.4 Å². The van der Waals surface area contributed by atoms with Crippen LogP contribution in [0.2, 0.25) is 0 Å². The zero-order valence-corrected chi connectivity index (χ0v) is 19.7. The van der Waals surface area contributed by atoms with Crippen molar-refractivity contribution in [1.29, 1.82) is 0 Å². The van der Waals surface area contributed by atoms with Crippen LogP contribution in [0.4, 0.5) is 0 Å². The van der Waals surface area contributed by atoms with E-state index in [9.17, 15) is 14.4 Å². The summed E-state index contributed by atoms with van der Waals surface area (Å²) >= 11 is 0. The first kappa shape index (κ1) is 24.9.